The molecule has 9 unspecified atom stereocenters. The van der Waals surface area contributed by atoms with Gasteiger partial charge in [-0.1, -0.05) is 20.8 Å². The van der Waals surface area contributed by atoms with E-state index in [1.54, 1.807) is 0 Å². The van der Waals surface area contributed by atoms with E-state index in [4.69, 9.17) is 9.29 Å². The number of hydrogen-bond donors (Lipinski definition) is 1. The SMILES string of the molecule is CC(=O)OC1CC2CC(=O)CCC2(C)C2CC(=O)C3(C)C(C(C)CCC(=O)OCC(F)(F)S(=O)(=O)O)CCC3C12. The van der Waals surface area contributed by atoms with Crippen LogP contribution in [0.1, 0.15) is 85.5 Å². The molecule has 9 nitrogen and oxygen atoms in total. The van der Waals surface area contributed by atoms with Crippen LogP contribution in [0, 0.1) is 46.3 Å². The van der Waals surface area contributed by atoms with E-state index in [1.165, 1.54) is 6.92 Å². The lowest BCUT2D eigenvalue weighted by Crippen LogP contribution is -2.61. The van der Waals surface area contributed by atoms with Crippen LogP contribution in [0.5, 0.6) is 0 Å². The zero-order valence-electron chi connectivity index (χ0n) is 23.5. The lowest BCUT2D eigenvalue weighted by Gasteiger charge is -2.61. The summed E-state index contributed by atoms with van der Waals surface area (Å²) >= 11 is 0. The van der Waals surface area contributed by atoms with Gasteiger partial charge in [0, 0.05) is 43.9 Å². The van der Waals surface area contributed by atoms with Crippen molar-refractivity contribution >= 4 is 33.6 Å². The molecule has 0 aliphatic heterocycles. The first kappa shape index (κ1) is 31.0. The van der Waals surface area contributed by atoms with Crippen LogP contribution >= 0.6 is 0 Å². The Morgan fingerprint density at radius 2 is 1.82 bits per heavy atom. The normalized spacial score (nSPS) is 38.6. The molecule has 0 heterocycles. The van der Waals surface area contributed by atoms with Crippen molar-refractivity contribution in [2.24, 2.45) is 46.3 Å². The Hall–Kier alpha value is -1.95. The molecule has 4 aliphatic carbocycles. The summed E-state index contributed by atoms with van der Waals surface area (Å²) in [4.78, 5) is 50.6. The van der Waals surface area contributed by atoms with E-state index in [-0.39, 0.29) is 77.4 Å². The van der Waals surface area contributed by atoms with Gasteiger partial charge in [-0.25, -0.2) is 0 Å². The second-order valence-corrected chi connectivity index (χ2v) is 14.5. The van der Waals surface area contributed by atoms with Crippen LogP contribution in [0.2, 0.25) is 0 Å². The van der Waals surface area contributed by atoms with Gasteiger partial charge in [-0.2, -0.15) is 17.2 Å². The van der Waals surface area contributed by atoms with Crippen molar-refractivity contribution in [1.29, 1.82) is 0 Å². The van der Waals surface area contributed by atoms with Gasteiger partial charge in [0.15, 0.2) is 6.61 Å². The molecule has 4 aliphatic rings. The Labute approximate surface area is 233 Å². The highest BCUT2D eigenvalue weighted by Crippen LogP contribution is 2.67. The number of alkyl halides is 2. The molecule has 4 rings (SSSR count). The van der Waals surface area contributed by atoms with Crippen molar-refractivity contribution in [2.45, 2.75) is 96.8 Å². The quantitative estimate of drug-likeness (QED) is 0.322. The number of carbonyl (C=O) groups excluding carboxylic acids is 4. The Morgan fingerprint density at radius 1 is 1.15 bits per heavy atom. The van der Waals surface area contributed by atoms with Crippen LogP contribution in [0.3, 0.4) is 0 Å². The Balaban J connectivity index is 1.50. The van der Waals surface area contributed by atoms with E-state index in [2.05, 4.69) is 11.7 Å². The summed E-state index contributed by atoms with van der Waals surface area (Å²) in [6, 6.07) is 0. The Morgan fingerprint density at radius 3 is 2.45 bits per heavy atom. The number of rotatable bonds is 8. The van der Waals surface area contributed by atoms with E-state index in [1.807, 2.05) is 13.8 Å². The molecule has 1 N–H and O–H groups in total. The van der Waals surface area contributed by atoms with Gasteiger partial charge < -0.3 is 9.47 Å². The molecule has 0 aromatic heterocycles. The maximum Gasteiger partial charge on any atom is 0.402 e. The Kier molecular flexibility index (Phi) is 8.30. The number of halogens is 2. The third-order valence-electron chi connectivity index (χ3n) is 11.0. The standard InChI is InChI=1S/C28H40F2O9S/c1-15(5-8-24(34)38-14-28(29,30)40(35,36)37)19-6-7-20-25-21(13-23(33)27(19,20)4)26(3)10-9-18(32)11-17(26)12-22(25)39-16(2)31/h15,17,19-22,25H,5-14H2,1-4H3,(H,35,36,37). The lowest BCUT2D eigenvalue weighted by atomic mass is 9.43. The van der Waals surface area contributed by atoms with E-state index in [0.717, 1.165) is 19.3 Å². The number of esters is 2. The third-order valence-corrected chi connectivity index (χ3v) is 11.9. The minimum Gasteiger partial charge on any atom is -0.462 e. The number of ketones is 2. The number of Topliss-reactive ketones (excluding diaryl/α,β-unsaturated/α-hetero) is 2. The van der Waals surface area contributed by atoms with Gasteiger partial charge in [0.05, 0.1) is 0 Å². The lowest BCUT2D eigenvalue weighted by molar-refractivity contribution is -0.190. The van der Waals surface area contributed by atoms with Crippen molar-refractivity contribution in [3.8, 4) is 0 Å². The zero-order chi connectivity index (χ0) is 29.8. The highest BCUT2D eigenvalue weighted by Gasteiger charge is 2.66. The van der Waals surface area contributed by atoms with Crippen LogP contribution in [0.4, 0.5) is 8.78 Å². The molecule has 9 atom stereocenters. The summed E-state index contributed by atoms with van der Waals surface area (Å²) in [5.74, 6) is -1.27. The fraction of sp³-hybridized carbons (Fsp3) is 0.857. The molecule has 0 radical (unpaired) electrons. The number of ether oxygens (including phenoxy) is 2. The van der Waals surface area contributed by atoms with E-state index >= 15 is 0 Å². The zero-order valence-corrected chi connectivity index (χ0v) is 24.3. The number of fused-ring (bicyclic) bond motifs is 5. The summed E-state index contributed by atoms with van der Waals surface area (Å²) in [6.45, 7) is 5.68. The van der Waals surface area contributed by atoms with E-state index in [0.29, 0.717) is 25.7 Å². The molecule has 0 spiro atoms. The summed E-state index contributed by atoms with van der Waals surface area (Å²) in [5, 5.41) is -4.59. The average Bonchev–Trinajstić information content (AvgIpc) is 3.20. The van der Waals surface area contributed by atoms with Crippen LogP contribution in [0.15, 0.2) is 0 Å². The molecule has 0 amide bonds. The second kappa shape index (κ2) is 10.7. The monoisotopic (exact) mass is 590 g/mol. The van der Waals surface area contributed by atoms with Gasteiger partial charge in [-0.3, -0.25) is 23.7 Å². The highest BCUT2D eigenvalue weighted by atomic mass is 32.2. The van der Waals surface area contributed by atoms with Crippen molar-refractivity contribution < 1.29 is 50.4 Å². The molecule has 4 fully saturated rings. The average molecular weight is 591 g/mol. The molecule has 0 aromatic rings. The first-order chi connectivity index (χ1) is 18.4. The van der Waals surface area contributed by atoms with Crippen molar-refractivity contribution in [3.05, 3.63) is 0 Å². The first-order valence-corrected chi connectivity index (χ1v) is 15.6. The largest absolute Gasteiger partial charge is 0.462 e. The molecular weight excluding hydrogens is 550 g/mol. The molecule has 0 aromatic carbocycles. The second-order valence-electron chi connectivity index (χ2n) is 13.0. The molecule has 12 heteroatoms. The van der Waals surface area contributed by atoms with E-state index < -0.39 is 33.4 Å². The highest BCUT2D eigenvalue weighted by molar-refractivity contribution is 7.86. The number of hydrogen-bond acceptors (Lipinski definition) is 8. The van der Waals surface area contributed by atoms with Gasteiger partial charge in [-0.15, -0.1) is 0 Å². The van der Waals surface area contributed by atoms with Crippen molar-refractivity contribution in [2.75, 3.05) is 6.61 Å². The molecule has 4 saturated carbocycles. The van der Waals surface area contributed by atoms with Gasteiger partial charge in [0.1, 0.15) is 17.7 Å². The minimum absolute atomic E-state index is 0.00257. The van der Waals surface area contributed by atoms with Crippen LogP contribution in [-0.2, 0) is 38.8 Å². The maximum absolute atomic E-state index is 14.0. The fourth-order valence-corrected chi connectivity index (χ4v) is 9.05. The fourth-order valence-electron chi connectivity index (χ4n) is 8.84. The third kappa shape index (κ3) is 5.34. The topological polar surface area (TPSA) is 141 Å². The first-order valence-electron chi connectivity index (χ1n) is 14.1. The predicted octanol–water partition coefficient (Wildman–Crippen LogP) is 4.38. The van der Waals surface area contributed by atoms with Crippen molar-refractivity contribution in [1.82, 2.24) is 0 Å². The van der Waals surface area contributed by atoms with Crippen LogP contribution < -0.4 is 0 Å². The minimum atomic E-state index is -5.70. The maximum atomic E-state index is 14.0. The van der Waals surface area contributed by atoms with Crippen LogP contribution in [-0.4, -0.2) is 54.4 Å². The molecule has 0 bridgehead atoms. The Bertz CT molecular complexity index is 1170. The predicted molar refractivity (Wildman–Crippen MR) is 137 cm³/mol. The summed E-state index contributed by atoms with van der Waals surface area (Å²) in [5.41, 5.74) is -0.904. The molecule has 0 saturated heterocycles. The summed E-state index contributed by atoms with van der Waals surface area (Å²) < 4.78 is 67.2. The molecule has 40 heavy (non-hydrogen) atoms. The van der Waals surface area contributed by atoms with Crippen LogP contribution in [0.25, 0.3) is 0 Å². The van der Waals surface area contributed by atoms with Crippen molar-refractivity contribution in [3.63, 3.8) is 0 Å². The van der Waals surface area contributed by atoms with Gasteiger partial charge in [0.2, 0.25) is 0 Å². The summed E-state index contributed by atoms with van der Waals surface area (Å²) in [7, 11) is -5.70. The molecular formula is C28H40F2O9S. The summed E-state index contributed by atoms with van der Waals surface area (Å²) in [6.07, 6.45) is 3.70. The van der Waals surface area contributed by atoms with Gasteiger partial charge >= 0.3 is 27.3 Å². The van der Waals surface area contributed by atoms with Gasteiger partial charge in [-0.05, 0) is 67.1 Å². The van der Waals surface area contributed by atoms with E-state index in [9.17, 15) is 36.4 Å². The smallest absolute Gasteiger partial charge is 0.402 e. The number of carbonyl (C=O) groups is 4. The molecule has 226 valence electrons. The van der Waals surface area contributed by atoms with Gasteiger partial charge in [0.25, 0.3) is 0 Å².